The number of carbonyl (C=O) groups excluding carboxylic acids is 1. The summed E-state index contributed by atoms with van der Waals surface area (Å²) in [5, 5.41) is 13.0. The Morgan fingerprint density at radius 2 is 1.73 bits per heavy atom. The maximum Gasteiger partial charge on any atom is 0.472 e. The molecule has 0 aromatic heterocycles. The van der Waals surface area contributed by atoms with Gasteiger partial charge in [-0.05, 0) is 12.8 Å². The number of aliphatic hydroxyl groups excluding tert-OH is 1. The summed E-state index contributed by atoms with van der Waals surface area (Å²) in [5.41, 5.74) is 0. The minimum absolute atomic E-state index is 0.0595. The first-order chi connectivity index (χ1) is 14.0. The Morgan fingerprint density at radius 1 is 1.10 bits per heavy atom. The molecule has 0 spiro atoms. The number of phosphoric ester groups is 1. The van der Waals surface area contributed by atoms with E-state index in [1.807, 2.05) is 27.2 Å². The van der Waals surface area contributed by atoms with Crippen molar-refractivity contribution < 1.29 is 32.9 Å². The van der Waals surface area contributed by atoms with E-state index >= 15 is 0 Å². The van der Waals surface area contributed by atoms with Crippen molar-refractivity contribution in [2.45, 2.75) is 77.4 Å². The van der Waals surface area contributed by atoms with Crippen molar-refractivity contribution in [3.63, 3.8) is 0 Å². The van der Waals surface area contributed by atoms with Gasteiger partial charge in [0.15, 0.2) is 0 Å². The number of carbonyl (C=O) groups is 1. The number of phosphoric acid groups is 1. The zero-order valence-corrected chi connectivity index (χ0v) is 20.4. The summed E-state index contributed by atoms with van der Waals surface area (Å²) in [6, 6.07) is -0.833. The number of quaternary nitrogens is 1. The highest BCUT2D eigenvalue weighted by molar-refractivity contribution is 7.47. The van der Waals surface area contributed by atoms with Gasteiger partial charge in [0.1, 0.15) is 13.2 Å². The fourth-order valence-electron chi connectivity index (χ4n) is 2.59. The molecular weight excluding hydrogens is 407 g/mol. The molecule has 0 aliphatic rings. The number of hydrogen-bond acceptors (Lipinski definition) is 5. The lowest BCUT2D eigenvalue weighted by Gasteiger charge is -2.25. The molecule has 9 heteroatoms. The van der Waals surface area contributed by atoms with Crippen LogP contribution in [0.2, 0.25) is 0 Å². The summed E-state index contributed by atoms with van der Waals surface area (Å²) >= 11 is 0. The smallest absolute Gasteiger partial charge is 0.387 e. The van der Waals surface area contributed by atoms with Gasteiger partial charge in [-0.2, -0.15) is 0 Å². The zero-order valence-electron chi connectivity index (χ0n) is 19.5. The van der Waals surface area contributed by atoms with Gasteiger partial charge in [0, 0.05) is 6.42 Å². The van der Waals surface area contributed by atoms with Crippen molar-refractivity contribution in [3.8, 4) is 0 Å². The molecule has 3 N–H and O–H groups in total. The van der Waals surface area contributed by atoms with E-state index in [4.69, 9.17) is 9.05 Å². The second kappa shape index (κ2) is 16.0. The lowest BCUT2D eigenvalue weighted by Crippen LogP contribution is -2.45. The summed E-state index contributed by atoms with van der Waals surface area (Å²) in [6.07, 6.45) is 10.7. The second-order valence-electron chi connectivity index (χ2n) is 8.61. The van der Waals surface area contributed by atoms with Crippen molar-refractivity contribution in [3.05, 3.63) is 12.2 Å². The number of allylic oxidation sites excluding steroid dienone is 1. The lowest BCUT2D eigenvalue weighted by atomic mass is 10.1. The molecule has 0 saturated carbocycles. The Hall–Kier alpha value is -0.760. The van der Waals surface area contributed by atoms with Crippen LogP contribution in [-0.2, 0) is 18.4 Å². The van der Waals surface area contributed by atoms with Gasteiger partial charge in [0.05, 0.1) is 39.9 Å². The van der Waals surface area contributed by atoms with E-state index in [9.17, 15) is 19.4 Å². The van der Waals surface area contributed by atoms with E-state index in [-0.39, 0.29) is 25.5 Å². The van der Waals surface area contributed by atoms with Crippen molar-refractivity contribution >= 4 is 13.7 Å². The van der Waals surface area contributed by atoms with E-state index < -0.39 is 20.0 Å². The summed E-state index contributed by atoms with van der Waals surface area (Å²) in [5.74, 6) is -0.273. The van der Waals surface area contributed by atoms with Crippen LogP contribution in [-0.4, -0.2) is 73.4 Å². The molecule has 8 nitrogen and oxygen atoms in total. The number of nitrogens with one attached hydrogen (secondary N) is 1. The van der Waals surface area contributed by atoms with Crippen LogP contribution >= 0.6 is 7.82 Å². The third-order valence-electron chi connectivity index (χ3n) is 4.57. The van der Waals surface area contributed by atoms with Crippen molar-refractivity contribution in [1.82, 2.24) is 5.32 Å². The highest BCUT2D eigenvalue weighted by atomic mass is 31.2. The quantitative estimate of drug-likeness (QED) is 0.128. The molecule has 0 bridgehead atoms. The molecule has 0 saturated heterocycles. The van der Waals surface area contributed by atoms with Crippen LogP contribution in [0, 0.1) is 0 Å². The fourth-order valence-corrected chi connectivity index (χ4v) is 3.32. The minimum atomic E-state index is -4.27. The third kappa shape index (κ3) is 17.0. The van der Waals surface area contributed by atoms with E-state index in [0.29, 0.717) is 11.0 Å². The van der Waals surface area contributed by atoms with Crippen LogP contribution in [0.25, 0.3) is 0 Å². The Bertz CT molecular complexity index is 536. The molecule has 3 unspecified atom stereocenters. The molecule has 0 rings (SSSR count). The highest BCUT2D eigenvalue weighted by Gasteiger charge is 2.27. The van der Waals surface area contributed by atoms with Gasteiger partial charge in [0.2, 0.25) is 5.91 Å². The molecule has 0 fully saturated rings. The maximum absolute atomic E-state index is 12.1. The molecule has 3 atom stereocenters. The zero-order chi connectivity index (χ0) is 23.0. The fraction of sp³-hybridized carbons (Fsp3) is 0.857. The van der Waals surface area contributed by atoms with Gasteiger partial charge < -0.3 is 19.8 Å². The highest BCUT2D eigenvalue weighted by Crippen LogP contribution is 2.43. The lowest BCUT2D eigenvalue weighted by molar-refractivity contribution is -0.870. The Morgan fingerprint density at radius 3 is 2.33 bits per heavy atom. The largest absolute Gasteiger partial charge is 0.472 e. The number of amides is 1. The molecule has 1 amide bonds. The molecule has 0 aliphatic heterocycles. The summed E-state index contributed by atoms with van der Waals surface area (Å²) in [7, 11) is 1.55. The summed E-state index contributed by atoms with van der Waals surface area (Å²) in [6.45, 7) is 4.15. The molecule has 0 aliphatic carbocycles. The van der Waals surface area contributed by atoms with E-state index in [1.165, 1.54) is 25.7 Å². The molecule has 0 aromatic rings. The Kier molecular flexibility index (Phi) is 15.6. The number of hydrogen-bond donors (Lipinski definition) is 3. The Balaban J connectivity index is 4.54. The normalized spacial score (nSPS) is 16.4. The standard InChI is InChI=1S/C21H43N2O6P/c1-6-8-9-10-11-12-13-14-15-20(24)19(22-21(25)7-2)18-29-30(26,27)28-17-16-23(3,4)5/h14-15,19-20,24H,6-13,16-18H2,1-5H3,(H-,22,25,26,27)/p+1/b15-14+. The summed E-state index contributed by atoms with van der Waals surface area (Å²) in [4.78, 5) is 21.6. The van der Waals surface area contributed by atoms with E-state index in [1.54, 1.807) is 13.0 Å². The summed E-state index contributed by atoms with van der Waals surface area (Å²) < 4.78 is 22.7. The molecule has 30 heavy (non-hydrogen) atoms. The monoisotopic (exact) mass is 451 g/mol. The number of unbranched alkanes of at least 4 members (excludes halogenated alkanes) is 6. The predicted octanol–water partition coefficient (Wildman–Crippen LogP) is 3.39. The average Bonchev–Trinajstić information content (AvgIpc) is 2.65. The first-order valence-corrected chi connectivity index (χ1v) is 12.6. The number of aliphatic hydroxyl groups is 1. The van der Waals surface area contributed by atoms with Gasteiger partial charge in [-0.1, -0.05) is 58.1 Å². The van der Waals surface area contributed by atoms with Crippen LogP contribution in [0.4, 0.5) is 0 Å². The molecule has 0 aromatic carbocycles. The van der Waals surface area contributed by atoms with Crippen molar-refractivity contribution in [2.24, 2.45) is 0 Å². The van der Waals surface area contributed by atoms with Gasteiger partial charge in [-0.3, -0.25) is 13.8 Å². The van der Waals surface area contributed by atoms with E-state index in [2.05, 4.69) is 12.2 Å². The molecule has 0 radical (unpaired) electrons. The molecule has 0 heterocycles. The van der Waals surface area contributed by atoms with Crippen molar-refractivity contribution in [2.75, 3.05) is 40.9 Å². The predicted molar refractivity (Wildman–Crippen MR) is 120 cm³/mol. The first kappa shape index (κ1) is 29.2. The van der Waals surface area contributed by atoms with Crippen molar-refractivity contribution in [1.29, 1.82) is 0 Å². The van der Waals surface area contributed by atoms with Crippen LogP contribution in [0.1, 0.15) is 65.2 Å². The molecule has 178 valence electrons. The second-order valence-corrected chi connectivity index (χ2v) is 10.1. The number of rotatable bonds is 18. The number of nitrogens with zero attached hydrogens (tertiary/aromatic N) is 1. The van der Waals surface area contributed by atoms with E-state index in [0.717, 1.165) is 19.3 Å². The third-order valence-corrected chi connectivity index (χ3v) is 5.56. The van der Waals surface area contributed by atoms with Gasteiger partial charge in [-0.25, -0.2) is 4.57 Å². The topological polar surface area (TPSA) is 105 Å². The maximum atomic E-state index is 12.1. The van der Waals surface area contributed by atoms with Crippen LogP contribution in [0.3, 0.4) is 0 Å². The first-order valence-electron chi connectivity index (χ1n) is 11.1. The van der Waals surface area contributed by atoms with Gasteiger partial charge in [-0.15, -0.1) is 0 Å². The number of likely N-dealkylation sites (N-methyl/N-ethyl adjacent to an activating group) is 1. The van der Waals surface area contributed by atoms with Crippen LogP contribution in [0.5, 0.6) is 0 Å². The minimum Gasteiger partial charge on any atom is -0.387 e. The average molecular weight is 452 g/mol. The SMILES string of the molecule is CCCCCCCC/C=C/C(O)C(COP(=O)(O)OCC[N+](C)(C)C)NC(=O)CC. The Labute approximate surface area is 182 Å². The van der Waals surface area contributed by atoms with Gasteiger partial charge in [0.25, 0.3) is 0 Å². The van der Waals surface area contributed by atoms with Crippen LogP contribution < -0.4 is 5.32 Å². The van der Waals surface area contributed by atoms with Gasteiger partial charge >= 0.3 is 7.82 Å². The molecular formula is C21H44N2O6P+. The van der Waals surface area contributed by atoms with Crippen LogP contribution in [0.15, 0.2) is 12.2 Å².